The number of hydrogen-bond donors (Lipinski definition) is 2. The third-order valence-corrected chi connectivity index (χ3v) is 2.70. The molecule has 2 aromatic rings. The van der Waals surface area contributed by atoms with Crippen LogP contribution in [0.3, 0.4) is 0 Å². The van der Waals surface area contributed by atoms with Crippen LogP contribution in [0.5, 0.6) is 0 Å². The van der Waals surface area contributed by atoms with Crippen LogP contribution in [0, 0.1) is 6.92 Å². The van der Waals surface area contributed by atoms with Crippen molar-refractivity contribution in [2.45, 2.75) is 19.4 Å². The van der Waals surface area contributed by atoms with Gasteiger partial charge in [0.2, 0.25) is 0 Å². The Morgan fingerprint density at radius 1 is 1.41 bits per heavy atom. The molecule has 0 aromatic carbocycles. The van der Waals surface area contributed by atoms with Gasteiger partial charge in [0.15, 0.2) is 0 Å². The fourth-order valence-corrected chi connectivity index (χ4v) is 1.83. The molecule has 0 saturated carbocycles. The molecule has 90 valence electrons. The summed E-state index contributed by atoms with van der Waals surface area (Å²) in [5.41, 5.74) is 5.87. The van der Waals surface area contributed by atoms with Crippen LogP contribution in [-0.4, -0.2) is 19.7 Å². The number of hydrazine groups is 1. The van der Waals surface area contributed by atoms with Crippen molar-refractivity contribution < 1.29 is 0 Å². The first-order valence-electron chi connectivity index (χ1n) is 5.41. The van der Waals surface area contributed by atoms with Gasteiger partial charge >= 0.3 is 0 Å². The molecule has 0 aliphatic carbocycles. The predicted molar refractivity (Wildman–Crippen MR) is 63.7 cm³/mol. The quantitative estimate of drug-likeness (QED) is 0.584. The number of aromatic nitrogens is 4. The average Bonchev–Trinajstić information content (AvgIpc) is 2.66. The molecule has 3 N–H and O–H groups in total. The summed E-state index contributed by atoms with van der Waals surface area (Å²) in [6.45, 7) is 1.97. The lowest BCUT2D eigenvalue weighted by molar-refractivity contribution is 0.527. The highest BCUT2D eigenvalue weighted by molar-refractivity contribution is 5.16. The molecule has 1 atom stereocenters. The molecule has 0 spiro atoms. The van der Waals surface area contributed by atoms with Crippen LogP contribution in [0.2, 0.25) is 0 Å². The minimum Gasteiger partial charge on any atom is -0.272 e. The Labute approximate surface area is 99.9 Å². The van der Waals surface area contributed by atoms with Crippen molar-refractivity contribution in [1.29, 1.82) is 0 Å². The number of hydrogen-bond acceptors (Lipinski definition) is 5. The van der Waals surface area contributed by atoms with E-state index in [1.807, 2.05) is 24.7 Å². The van der Waals surface area contributed by atoms with E-state index in [0.29, 0.717) is 0 Å². The van der Waals surface area contributed by atoms with Crippen molar-refractivity contribution in [1.82, 2.24) is 25.2 Å². The highest BCUT2D eigenvalue weighted by atomic mass is 15.3. The maximum Gasteiger partial charge on any atom is 0.115 e. The lowest BCUT2D eigenvalue weighted by Gasteiger charge is -2.15. The summed E-state index contributed by atoms with van der Waals surface area (Å²) in [5.74, 6) is 5.57. The van der Waals surface area contributed by atoms with Gasteiger partial charge in [0, 0.05) is 37.1 Å². The molecule has 0 amide bonds. The van der Waals surface area contributed by atoms with Gasteiger partial charge in [0.05, 0.1) is 11.7 Å². The Hall–Kier alpha value is -1.79. The second kappa shape index (κ2) is 5.03. The van der Waals surface area contributed by atoms with Gasteiger partial charge in [-0.05, 0) is 13.0 Å². The second-order valence-corrected chi connectivity index (χ2v) is 4.00. The van der Waals surface area contributed by atoms with E-state index in [-0.39, 0.29) is 6.04 Å². The fraction of sp³-hybridized carbons (Fsp3) is 0.364. The molecule has 1 unspecified atom stereocenters. The minimum atomic E-state index is -0.00833. The van der Waals surface area contributed by atoms with Gasteiger partial charge in [-0.15, -0.1) is 0 Å². The lowest BCUT2D eigenvalue weighted by atomic mass is 10.1. The Morgan fingerprint density at radius 2 is 2.12 bits per heavy atom. The average molecular weight is 232 g/mol. The summed E-state index contributed by atoms with van der Waals surface area (Å²) in [7, 11) is 1.93. The summed E-state index contributed by atoms with van der Waals surface area (Å²) in [4.78, 5) is 7.99. The normalized spacial score (nSPS) is 12.6. The monoisotopic (exact) mass is 232 g/mol. The SMILES string of the molecule is Cc1cc(CC(NN)c2cncnc2)n(C)n1. The van der Waals surface area contributed by atoms with Crippen molar-refractivity contribution in [3.63, 3.8) is 0 Å². The summed E-state index contributed by atoms with van der Waals surface area (Å²) in [5, 5.41) is 4.31. The standard InChI is InChI=1S/C11H16N6/c1-8-3-10(17(2)16-8)4-11(15-12)9-5-13-7-14-6-9/h3,5-7,11,15H,4,12H2,1-2H3. The molecular formula is C11H16N6. The van der Waals surface area contributed by atoms with Gasteiger partial charge < -0.3 is 0 Å². The van der Waals surface area contributed by atoms with E-state index < -0.39 is 0 Å². The van der Waals surface area contributed by atoms with Gasteiger partial charge in [-0.25, -0.2) is 9.97 Å². The van der Waals surface area contributed by atoms with Crippen LogP contribution in [0.1, 0.15) is 23.0 Å². The summed E-state index contributed by atoms with van der Waals surface area (Å²) in [6, 6.07) is 2.04. The van der Waals surface area contributed by atoms with Gasteiger partial charge in [-0.1, -0.05) is 0 Å². The molecule has 0 saturated heterocycles. The third-order valence-electron chi connectivity index (χ3n) is 2.70. The first-order chi connectivity index (χ1) is 8.20. The van der Waals surface area contributed by atoms with E-state index in [0.717, 1.165) is 23.4 Å². The number of rotatable bonds is 4. The highest BCUT2D eigenvalue weighted by Gasteiger charge is 2.13. The van der Waals surface area contributed by atoms with Gasteiger partial charge in [-0.2, -0.15) is 5.10 Å². The molecule has 0 bridgehead atoms. The van der Waals surface area contributed by atoms with Crippen LogP contribution in [0.25, 0.3) is 0 Å². The van der Waals surface area contributed by atoms with Crippen molar-refractivity contribution in [3.05, 3.63) is 41.7 Å². The van der Waals surface area contributed by atoms with Crippen molar-refractivity contribution >= 4 is 0 Å². The molecule has 0 aliphatic heterocycles. The van der Waals surface area contributed by atoms with Crippen LogP contribution >= 0.6 is 0 Å². The molecule has 17 heavy (non-hydrogen) atoms. The van der Waals surface area contributed by atoms with Crippen LogP contribution in [-0.2, 0) is 13.5 Å². The van der Waals surface area contributed by atoms with Crippen LogP contribution in [0.4, 0.5) is 0 Å². The second-order valence-electron chi connectivity index (χ2n) is 4.00. The summed E-state index contributed by atoms with van der Waals surface area (Å²) in [6.07, 6.45) is 5.79. The van der Waals surface area contributed by atoms with E-state index in [1.165, 1.54) is 6.33 Å². The molecule has 6 nitrogen and oxygen atoms in total. The van der Waals surface area contributed by atoms with E-state index >= 15 is 0 Å². The summed E-state index contributed by atoms with van der Waals surface area (Å²) < 4.78 is 1.86. The lowest BCUT2D eigenvalue weighted by Crippen LogP contribution is -2.30. The van der Waals surface area contributed by atoms with Gasteiger partial charge in [0.25, 0.3) is 0 Å². The maximum absolute atomic E-state index is 5.57. The fourth-order valence-electron chi connectivity index (χ4n) is 1.83. The van der Waals surface area contributed by atoms with E-state index in [4.69, 9.17) is 5.84 Å². The van der Waals surface area contributed by atoms with E-state index in [2.05, 4.69) is 20.5 Å². The van der Waals surface area contributed by atoms with E-state index in [1.54, 1.807) is 12.4 Å². The number of aryl methyl sites for hydroxylation is 2. The zero-order chi connectivity index (χ0) is 12.3. The van der Waals surface area contributed by atoms with Gasteiger partial charge in [0.1, 0.15) is 6.33 Å². The number of nitrogens with zero attached hydrogens (tertiary/aromatic N) is 4. The molecule has 0 aliphatic rings. The minimum absolute atomic E-state index is 0.00833. The van der Waals surface area contributed by atoms with Crippen molar-refractivity contribution in [2.75, 3.05) is 0 Å². The molecule has 0 fully saturated rings. The largest absolute Gasteiger partial charge is 0.272 e. The molecule has 6 heteroatoms. The smallest absolute Gasteiger partial charge is 0.115 e. The first kappa shape index (κ1) is 11.7. The zero-order valence-electron chi connectivity index (χ0n) is 9.96. The summed E-state index contributed by atoms with van der Waals surface area (Å²) >= 11 is 0. The Morgan fingerprint density at radius 3 is 2.65 bits per heavy atom. The molecule has 2 aromatic heterocycles. The molecule has 2 rings (SSSR count). The van der Waals surface area contributed by atoms with E-state index in [9.17, 15) is 0 Å². The topological polar surface area (TPSA) is 81.6 Å². The number of nitrogens with two attached hydrogens (primary N) is 1. The van der Waals surface area contributed by atoms with Crippen LogP contribution < -0.4 is 11.3 Å². The molecule has 2 heterocycles. The van der Waals surface area contributed by atoms with Crippen LogP contribution in [0.15, 0.2) is 24.8 Å². The maximum atomic E-state index is 5.57. The van der Waals surface area contributed by atoms with Gasteiger partial charge in [-0.3, -0.25) is 16.0 Å². The van der Waals surface area contributed by atoms with Crippen molar-refractivity contribution in [2.24, 2.45) is 12.9 Å². The Kier molecular flexibility index (Phi) is 3.46. The predicted octanol–water partition coefficient (Wildman–Crippen LogP) is 0.266. The molecule has 0 radical (unpaired) electrons. The Bertz CT molecular complexity index is 478. The Balaban J connectivity index is 2.18. The third kappa shape index (κ3) is 2.66. The van der Waals surface area contributed by atoms with Crippen molar-refractivity contribution in [3.8, 4) is 0 Å². The number of nitrogens with one attached hydrogen (secondary N) is 1. The molecular weight excluding hydrogens is 216 g/mol. The zero-order valence-corrected chi connectivity index (χ0v) is 9.96. The highest BCUT2D eigenvalue weighted by Crippen LogP contribution is 2.16. The first-order valence-corrected chi connectivity index (χ1v) is 5.41.